The number of carbonyl (C=O) groups is 1. The number of benzene rings is 1. The Hall–Kier alpha value is -1.20. The lowest BCUT2D eigenvalue weighted by atomic mass is 9.89. The van der Waals surface area contributed by atoms with Gasteiger partial charge in [0, 0.05) is 6.42 Å². The molecule has 0 spiro atoms. The molecule has 146 valence electrons. The van der Waals surface area contributed by atoms with E-state index in [-0.39, 0.29) is 17.6 Å². The summed E-state index contributed by atoms with van der Waals surface area (Å²) in [5.74, 6) is 0.505. The van der Waals surface area contributed by atoms with E-state index in [1.807, 2.05) is 39.8 Å². The monoisotopic (exact) mass is 379 g/mol. The van der Waals surface area contributed by atoms with E-state index in [1.165, 1.54) is 0 Å². The Morgan fingerprint density at radius 3 is 1.88 bits per heavy atom. The zero-order chi connectivity index (χ0) is 19.6. The average molecular weight is 380 g/mol. The molecular weight excluding hydrogens is 346 g/mol. The molecule has 0 heterocycles. The van der Waals surface area contributed by atoms with Crippen molar-refractivity contribution in [1.29, 1.82) is 0 Å². The van der Waals surface area contributed by atoms with E-state index >= 15 is 0 Å². The number of ketones is 1. The van der Waals surface area contributed by atoms with Gasteiger partial charge in [0.05, 0.1) is 10.9 Å². The number of rotatable bonds is 6. The van der Waals surface area contributed by atoms with Gasteiger partial charge in [-0.25, -0.2) is 13.1 Å². The summed E-state index contributed by atoms with van der Waals surface area (Å²) in [6.07, 6.45) is 2.80. The van der Waals surface area contributed by atoms with Gasteiger partial charge in [-0.15, -0.1) is 0 Å². The van der Waals surface area contributed by atoms with Crippen LogP contribution in [-0.4, -0.2) is 20.2 Å². The lowest BCUT2D eigenvalue weighted by molar-refractivity contribution is -0.122. The standard InChI is InChI=1S/C21H33NO3S/c1-13(2)16-11-17(14(3)4)21(18(12-16)15(5)6)26(24,25)22-19-9-7-8-10-20(19)23/h11-15,19,22H,7-10H2,1-6H3. The normalized spacial score (nSPS) is 19.0. The molecule has 1 unspecified atom stereocenters. The molecule has 1 aliphatic carbocycles. The summed E-state index contributed by atoms with van der Waals surface area (Å²) in [7, 11) is -3.76. The first-order valence-electron chi connectivity index (χ1n) is 9.77. The molecule has 1 aromatic rings. The summed E-state index contributed by atoms with van der Waals surface area (Å²) in [6.45, 7) is 12.3. The summed E-state index contributed by atoms with van der Waals surface area (Å²) in [5, 5.41) is 0. The smallest absolute Gasteiger partial charge is 0.241 e. The van der Waals surface area contributed by atoms with E-state index in [1.54, 1.807) is 0 Å². The second-order valence-corrected chi connectivity index (χ2v) is 10.0. The number of hydrogen-bond acceptors (Lipinski definition) is 3. The van der Waals surface area contributed by atoms with Crippen LogP contribution in [0.3, 0.4) is 0 Å². The molecule has 0 aromatic heterocycles. The van der Waals surface area contributed by atoms with Crippen molar-refractivity contribution in [3.05, 3.63) is 28.8 Å². The lowest BCUT2D eigenvalue weighted by Gasteiger charge is -2.26. The molecule has 0 radical (unpaired) electrons. The molecule has 0 amide bonds. The molecule has 0 bridgehead atoms. The highest BCUT2D eigenvalue weighted by Crippen LogP contribution is 2.35. The second kappa shape index (κ2) is 8.22. The highest BCUT2D eigenvalue weighted by molar-refractivity contribution is 7.89. The predicted octanol–water partition coefficient (Wildman–Crippen LogP) is 4.85. The van der Waals surface area contributed by atoms with Crippen molar-refractivity contribution in [2.24, 2.45) is 0 Å². The van der Waals surface area contributed by atoms with Crippen LogP contribution in [-0.2, 0) is 14.8 Å². The maximum absolute atomic E-state index is 13.3. The van der Waals surface area contributed by atoms with Crippen LogP contribution in [0.15, 0.2) is 17.0 Å². The van der Waals surface area contributed by atoms with Gasteiger partial charge in [0.1, 0.15) is 0 Å². The fourth-order valence-corrected chi connectivity index (χ4v) is 5.51. The third-order valence-corrected chi connectivity index (χ3v) is 6.80. The van der Waals surface area contributed by atoms with Crippen molar-refractivity contribution in [3.63, 3.8) is 0 Å². The summed E-state index contributed by atoms with van der Waals surface area (Å²) in [6, 6.07) is 3.47. The second-order valence-electron chi connectivity index (χ2n) is 8.38. The largest absolute Gasteiger partial charge is 0.298 e. The fourth-order valence-electron chi connectivity index (χ4n) is 3.55. The van der Waals surface area contributed by atoms with E-state index < -0.39 is 16.1 Å². The third kappa shape index (κ3) is 4.55. The number of Topliss-reactive ketones (excluding diaryl/α,β-unsaturated/α-hetero) is 1. The summed E-state index contributed by atoms with van der Waals surface area (Å²) < 4.78 is 29.4. The Morgan fingerprint density at radius 2 is 1.46 bits per heavy atom. The molecule has 0 aliphatic heterocycles. The minimum absolute atomic E-state index is 0.0100. The molecule has 1 fully saturated rings. The molecule has 26 heavy (non-hydrogen) atoms. The number of carbonyl (C=O) groups excluding carboxylic acids is 1. The molecule has 5 heteroatoms. The van der Waals surface area contributed by atoms with Crippen molar-refractivity contribution < 1.29 is 13.2 Å². The molecule has 2 rings (SSSR count). The van der Waals surface area contributed by atoms with Crippen LogP contribution < -0.4 is 4.72 Å². The Morgan fingerprint density at radius 1 is 0.923 bits per heavy atom. The van der Waals surface area contributed by atoms with Gasteiger partial charge in [-0.1, -0.05) is 60.1 Å². The topological polar surface area (TPSA) is 63.2 Å². The average Bonchev–Trinajstić information content (AvgIpc) is 2.55. The Kier molecular flexibility index (Phi) is 6.67. The minimum atomic E-state index is -3.76. The van der Waals surface area contributed by atoms with Crippen LogP contribution >= 0.6 is 0 Å². The van der Waals surface area contributed by atoms with Gasteiger partial charge >= 0.3 is 0 Å². The first kappa shape index (κ1) is 21.1. The lowest BCUT2D eigenvalue weighted by Crippen LogP contribution is -2.43. The number of hydrogen-bond donors (Lipinski definition) is 1. The molecule has 1 saturated carbocycles. The van der Waals surface area contributed by atoms with Crippen molar-refractivity contribution in [1.82, 2.24) is 4.72 Å². The quantitative estimate of drug-likeness (QED) is 0.769. The van der Waals surface area contributed by atoms with Gasteiger partial charge in [0.25, 0.3) is 0 Å². The van der Waals surface area contributed by atoms with Gasteiger partial charge in [0.2, 0.25) is 10.0 Å². The highest BCUT2D eigenvalue weighted by Gasteiger charge is 2.32. The molecular formula is C21H33NO3S. The zero-order valence-electron chi connectivity index (χ0n) is 16.9. The predicted molar refractivity (Wildman–Crippen MR) is 106 cm³/mol. The molecule has 1 N–H and O–H groups in total. The molecule has 1 aliphatic rings. The fraction of sp³-hybridized carbons (Fsp3) is 0.667. The van der Waals surface area contributed by atoms with Crippen molar-refractivity contribution in [2.75, 3.05) is 0 Å². The molecule has 1 aromatic carbocycles. The summed E-state index contributed by atoms with van der Waals surface area (Å²) in [4.78, 5) is 12.5. The first-order valence-corrected chi connectivity index (χ1v) is 11.3. The van der Waals surface area contributed by atoms with E-state index in [9.17, 15) is 13.2 Å². The van der Waals surface area contributed by atoms with Crippen molar-refractivity contribution in [2.45, 2.75) is 95.9 Å². The van der Waals surface area contributed by atoms with Crippen LogP contribution in [0.4, 0.5) is 0 Å². The molecule has 4 nitrogen and oxygen atoms in total. The summed E-state index contributed by atoms with van der Waals surface area (Å²) in [5.41, 5.74) is 2.84. The van der Waals surface area contributed by atoms with Crippen LogP contribution in [0, 0.1) is 0 Å². The molecule has 0 saturated heterocycles. The Labute approximate surface area is 158 Å². The van der Waals surface area contributed by atoms with E-state index in [4.69, 9.17) is 0 Å². The third-order valence-electron chi connectivity index (χ3n) is 5.20. The van der Waals surface area contributed by atoms with Gasteiger partial charge in [-0.2, -0.15) is 0 Å². The SMILES string of the molecule is CC(C)c1cc(C(C)C)c(S(=O)(=O)NC2CCCCC2=O)c(C(C)C)c1. The van der Waals surface area contributed by atoms with Crippen LogP contribution in [0.25, 0.3) is 0 Å². The van der Waals surface area contributed by atoms with Gasteiger partial charge in [-0.3, -0.25) is 4.79 Å². The van der Waals surface area contributed by atoms with Gasteiger partial charge in [0.15, 0.2) is 5.78 Å². The van der Waals surface area contributed by atoms with Crippen LogP contribution in [0.2, 0.25) is 0 Å². The highest BCUT2D eigenvalue weighted by atomic mass is 32.2. The summed E-state index contributed by atoms with van der Waals surface area (Å²) >= 11 is 0. The zero-order valence-corrected chi connectivity index (χ0v) is 17.7. The Bertz CT molecular complexity index is 734. The van der Waals surface area contributed by atoms with E-state index in [2.05, 4.69) is 18.6 Å². The van der Waals surface area contributed by atoms with Gasteiger partial charge in [-0.05, 0) is 47.3 Å². The Balaban J connectivity index is 2.59. The number of sulfonamides is 1. The van der Waals surface area contributed by atoms with Crippen LogP contribution in [0.1, 0.15) is 102 Å². The van der Waals surface area contributed by atoms with Gasteiger partial charge < -0.3 is 0 Å². The first-order chi connectivity index (χ1) is 12.0. The maximum atomic E-state index is 13.3. The number of nitrogens with one attached hydrogen (secondary N) is 1. The van der Waals surface area contributed by atoms with E-state index in [0.29, 0.717) is 23.7 Å². The van der Waals surface area contributed by atoms with Crippen molar-refractivity contribution in [3.8, 4) is 0 Å². The minimum Gasteiger partial charge on any atom is -0.298 e. The van der Waals surface area contributed by atoms with E-state index in [0.717, 1.165) is 29.5 Å². The molecule has 1 atom stereocenters. The van der Waals surface area contributed by atoms with Crippen LogP contribution in [0.5, 0.6) is 0 Å². The maximum Gasteiger partial charge on any atom is 0.241 e. The van der Waals surface area contributed by atoms with Crippen molar-refractivity contribution >= 4 is 15.8 Å².